The van der Waals surface area contributed by atoms with Crippen molar-refractivity contribution in [2.45, 2.75) is 26.3 Å². The Balaban J connectivity index is 1.61. The van der Waals surface area contributed by atoms with E-state index in [4.69, 9.17) is 0 Å². The molecule has 0 fully saturated rings. The van der Waals surface area contributed by atoms with Crippen LogP contribution in [0.1, 0.15) is 25.3 Å². The summed E-state index contributed by atoms with van der Waals surface area (Å²) in [5, 5.41) is 9.19. The van der Waals surface area contributed by atoms with E-state index in [9.17, 15) is 4.79 Å². The molecule has 3 rings (SSSR count). The minimum Gasteiger partial charge on any atom is -0.357 e. The van der Waals surface area contributed by atoms with E-state index in [-0.39, 0.29) is 5.91 Å². The lowest BCUT2D eigenvalue weighted by molar-refractivity contribution is -0.116. The fraction of sp³-hybridized carbons (Fsp3) is 0.200. The molecule has 0 aliphatic heterocycles. The maximum atomic E-state index is 11.6. The largest absolute Gasteiger partial charge is 0.357 e. The van der Waals surface area contributed by atoms with E-state index in [0.29, 0.717) is 6.42 Å². The molecule has 0 unspecified atom stereocenters. The van der Waals surface area contributed by atoms with E-state index in [2.05, 4.69) is 27.8 Å². The Morgan fingerprint density at radius 1 is 1.08 bits per heavy atom. The molecule has 0 radical (unpaired) electrons. The Morgan fingerprint density at radius 2 is 1.84 bits per heavy atom. The molecule has 1 heterocycles. The van der Waals surface area contributed by atoms with E-state index in [1.807, 2.05) is 54.8 Å². The first-order chi connectivity index (χ1) is 12.2. The number of nitrogens with one attached hydrogen (secondary N) is 2. The zero-order valence-corrected chi connectivity index (χ0v) is 15.0. The number of aromatic nitrogens is 1. The Morgan fingerprint density at radius 3 is 2.56 bits per heavy atom. The van der Waals surface area contributed by atoms with Crippen molar-refractivity contribution in [2.24, 2.45) is 0 Å². The summed E-state index contributed by atoms with van der Waals surface area (Å²) in [4.78, 5) is 16.3. The Hall–Kier alpha value is -2.66. The van der Waals surface area contributed by atoms with Gasteiger partial charge in [0.1, 0.15) is 0 Å². The minimum absolute atomic E-state index is 0.0521. The van der Waals surface area contributed by atoms with E-state index in [0.717, 1.165) is 35.0 Å². The normalized spacial score (nSPS) is 10.4. The monoisotopic (exact) mass is 351 g/mol. The van der Waals surface area contributed by atoms with Gasteiger partial charge in [-0.2, -0.15) is 0 Å². The molecular formula is C20H21N3OS. The Kier molecular flexibility index (Phi) is 5.80. The third-order valence-electron chi connectivity index (χ3n) is 3.73. The van der Waals surface area contributed by atoms with Crippen LogP contribution in [-0.4, -0.2) is 10.9 Å². The van der Waals surface area contributed by atoms with E-state index in [1.165, 1.54) is 5.56 Å². The first kappa shape index (κ1) is 17.2. The smallest absolute Gasteiger partial charge is 0.224 e. The van der Waals surface area contributed by atoms with Crippen molar-refractivity contribution in [2.75, 3.05) is 10.6 Å². The number of rotatable bonds is 7. The van der Waals surface area contributed by atoms with Crippen LogP contribution < -0.4 is 10.6 Å². The van der Waals surface area contributed by atoms with Crippen LogP contribution >= 0.6 is 11.3 Å². The quantitative estimate of drug-likeness (QED) is 0.618. The molecule has 0 spiro atoms. The van der Waals surface area contributed by atoms with Gasteiger partial charge in [0.05, 0.1) is 5.69 Å². The maximum absolute atomic E-state index is 11.6. The van der Waals surface area contributed by atoms with Gasteiger partial charge in [-0.15, -0.1) is 11.3 Å². The van der Waals surface area contributed by atoms with Crippen LogP contribution in [0.5, 0.6) is 0 Å². The van der Waals surface area contributed by atoms with Crippen LogP contribution in [0.2, 0.25) is 0 Å². The van der Waals surface area contributed by atoms with E-state index in [1.54, 1.807) is 11.3 Å². The highest BCUT2D eigenvalue weighted by molar-refractivity contribution is 7.14. The third-order valence-corrected chi connectivity index (χ3v) is 4.53. The van der Waals surface area contributed by atoms with Crippen molar-refractivity contribution in [3.05, 3.63) is 65.5 Å². The van der Waals surface area contributed by atoms with Crippen LogP contribution in [0, 0.1) is 0 Å². The Bertz CT molecular complexity index is 812. The molecule has 25 heavy (non-hydrogen) atoms. The van der Waals surface area contributed by atoms with E-state index < -0.39 is 0 Å². The van der Waals surface area contributed by atoms with Gasteiger partial charge in [-0.1, -0.05) is 49.4 Å². The summed E-state index contributed by atoms with van der Waals surface area (Å²) in [6.45, 7) is 2.75. The summed E-state index contributed by atoms with van der Waals surface area (Å²) < 4.78 is 0. The summed E-state index contributed by atoms with van der Waals surface area (Å²) in [6, 6.07) is 18.1. The van der Waals surface area contributed by atoms with Crippen molar-refractivity contribution in [3.63, 3.8) is 0 Å². The van der Waals surface area contributed by atoms with Crippen molar-refractivity contribution in [1.29, 1.82) is 0 Å². The summed E-state index contributed by atoms with van der Waals surface area (Å²) in [7, 11) is 0. The molecule has 0 saturated carbocycles. The first-order valence-electron chi connectivity index (χ1n) is 8.38. The molecule has 5 heteroatoms. The second-order valence-electron chi connectivity index (χ2n) is 5.75. The standard InChI is InChI=1S/C20H21N3OS/c1-2-6-19(24)22-17-11-9-16(10-12-17)18-14-25-20(23-18)21-13-15-7-4-3-5-8-15/h3-5,7-12,14H,2,6,13H2,1H3,(H,21,23)(H,22,24). The number of nitrogens with zero attached hydrogens (tertiary/aromatic N) is 1. The van der Waals surface area contributed by atoms with Crippen molar-refractivity contribution in [1.82, 2.24) is 4.98 Å². The molecule has 0 aliphatic carbocycles. The molecule has 0 aliphatic rings. The van der Waals surface area contributed by atoms with Crippen molar-refractivity contribution < 1.29 is 4.79 Å². The predicted molar refractivity (Wildman–Crippen MR) is 105 cm³/mol. The molecule has 1 aromatic heterocycles. The lowest BCUT2D eigenvalue weighted by Crippen LogP contribution is -2.10. The SMILES string of the molecule is CCCC(=O)Nc1ccc(-c2csc(NCc3ccccc3)n2)cc1. The lowest BCUT2D eigenvalue weighted by Gasteiger charge is -2.05. The molecule has 1 amide bonds. The summed E-state index contributed by atoms with van der Waals surface area (Å²) >= 11 is 1.59. The van der Waals surface area contributed by atoms with Gasteiger partial charge in [-0.05, 0) is 24.1 Å². The molecule has 0 saturated heterocycles. The van der Waals surface area contributed by atoms with Gasteiger partial charge in [0, 0.05) is 29.6 Å². The number of hydrogen-bond donors (Lipinski definition) is 2. The number of carbonyl (C=O) groups excluding carboxylic acids is 1. The van der Waals surface area contributed by atoms with E-state index >= 15 is 0 Å². The fourth-order valence-corrected chi connectivity index (χ4v) is 3.15. The van der Waals surface area contributed by atoms with Gasteiger partial charge in [-0.25, -0.2) is 4.98 Å². The molecule has 128 valence electrons. The van der Waals surface area contributed by atoms with Gasteiger partial charge in [0.25, 0.3) is 0 Å². The number of benzene rings is 2. The Labute approximate surface area is 151 Å². The second-order valence-corrected chi connectivity index (χ2v) is 6.61. The van der Waals surface area contributed by atoms with Crippen molar-refractivity contribution >= 4 is 28.1 Å². The highest BCUT2D eigenvalue weighted by Gasteiger charge is 2.06. The molecule has 0 bridgehead atoms. The van der Waals surface area contributed by atoms with Gasteiger partial charge >= 0.3 is 0 Å². The fourth-order valence-electron chi connectivity index (χ4n) is 2.44. The van der Waals surface area contributed by atoms with Crippen LogP contribution in [0.25, 0.3) is 11.3 Å². The third kappa shape index (κ3) is 4.90. The number of carbonyl (C=O) groups is 1. The molecule has 4 nitrogen and oxygen atoms in total. The van der Waals surface area contributed by atoms with Crippen molar-refractivity contribution in [3.8, 4) is 11.3 Å². The highest BCUT2D eigenvalue weighted by atomic mass is 32.1. The predicted octanol–water partition coefficient (Wildman–Crippen LogP) is 5.16. The minimum atomic E-state index is 0.0521. The maximum Gasteiger partial charge on any atom is 0.224 e. The van der Waals surface area contributed by atoms with Crippen LogP contribution in [0.3, 0.4) is 0 Å². The van der Waals surface area contributed by atoms with Crippen LogP contribution in [0.15, 0.2) is 60.0 Å². The number of anilines is 2. The van der Waals surface area contributed by atoms with Gasteiger partial charge in [0.2, 0.25) is 5.91 Å². The molecule has 3 aromatic rings. The van der Waals surface area contributed by atoms with Gasteiger partial charge in [0.15, 0.2) is 5.13 Å². The zero-order chi connectivity index (χ0) is 17.5. The summed E-state index contributed by atoms with van der Waals surface area (Å²) in [5.74, 6) is 0.0521. The molecule has 0 atom stereocenters. The highest BCUT2D eigenvalue weighted by Crippen LogP contribution is 2.26. The van der Waals surface area contributed by atoms with Crippen LogP contribution in [-0.2, 0) is 11.3 Å². The topological polar surface area (TPSA) is 54.0 Å². The van der Waals surface area contributed by atoms with Crippen LogP contribution in [0.4, 0.5) is 10.8 Å². The average molecular weight is 351 g/mol. The first-order valence-corrected chi connectivity index (χ1v) is 9.26. The second kappa shape index (κ2) is 8.44. The van der Waals surface area contributed by atoms with Gasteiger partial charge < -0.3 is 10.6 Å². The number of hydrogen-bond acceptors (Lipinski definition) is 4. The van der Waals surface area contributed by atoms with Gasteiger partial charge in [-0.3, -0.25) is 4.79 Å². The molecule has 2 aromatic carbocycles. The number of thiazole rings is 1. The summed E-state index contributed by atoms with van der Waals surface area (Å²) in [5.41, 5.74) is 4.02. The molecule has 2 N–H and O–H groups in total. The average Bonchev–Trinajstić information content (AvgIpc) is 3.11. The zero-order valence-electron chi connectivity index (χ0n) is 14.2. The lowest BCUT2D eigenvalue weighted by atomic mass is 10.1. The molecular weight excluding hydrogens is 330 g/mol. The number of amides is 1. The summed E-state index contributed by atoms with van der Waals surface area (Å²) in [6.07, 6.45) is 1.39.